The van der Waals surface area contributed by atoms with E-state index in [2.05, 4.69) is 55.5 Å². The Kier molecular flexibility index (Phi) is 6.97. The molecule has 0 aromatic heterocycles. The molecule has 0 atom stereocenters. The Hall–Kier alpha value is -2.48. The van der Waals surface area contributed by atoms with Crippen LogP contribution in [0.4, 0.5) is 8.78 Å². The van der Waals surface area contributed by atoms with Crippen LogP contribution in [-0.4, -0.2) is 0 Å². The molecule has 3 aromatic rings. The van der Waals surface area contributed by atoms with Crippen LogP contribution >= 0.6 is 0 Å². The zero-order valence-corrected chi connectivity index (χ0v) is 16.8. The van der Waals surface area contributed by atoms with Crippen molar-refractivity contribution in [2.24, 2.45) is 0 Å². The van der Waals surface area contributed by atoms with Gasteiger partial charge in [-0.15, -0.1) is 0 Å². The molecule has 0 saturated heterocycles. The second kappa shape index (κ2) is 9.64. The van der Waals surface area contributed by atoms with Gasteiger partial charge in [-0.3, -0.25) is 0 Å². The molecule has 3 aromatic carbocycles. The lowest BCUT2D eigenvalue weighted by Gasteiger charge is -2.09. The summed E-state index contributed by atoms with van der Waals surface area (Å²) in [6.45, 7) is 4.15. The van der Waals surface area contributed by atoms with E-state index in [1.165, 1.54) is 16.7 Å². The summed E-state index contributed by atoms with van der Waals surface area (Å²) >= 11 is 0. The highest BCUT2D eigenvalue weighted by atomic mass is 19.2. The molecule has 146 valence electrons. The van der Waals surface area contributed by atoms with Crippen LogP contribution in [0.2, 0.25) is 0 Å². The van der Waals surface area contributed by atoms with Crippen LogP contribution in [0.1, 0.15) is 48.9 Å². The van der Waals surface area contributed by atoms with Crippen molar-refractivity contribution in [3.63, 3.8) is 0 Å². The average molecular weight is 379 g/mol. The van der Waals surface area contributed by atoms with Crippen LogP contribution in [0, 0.1) is 11.6 Å². The van der Waals surface area contributed by atoms with Crippen LogP contribution in [0.5, 0.6) is 0 Å². The molecule has 0 nitrogen and oxygen atoms in total. The molecule has 0 aliphatic carbocycles. The van der Waals surface area contributed by atoms with Gasteiger partial charge in [0, 0.05) is 0 Å². The summed E-state index contributed by atoms with van der Waals surface area (Å²) in [7, 11) is 0. The Morgan fingerprint density at radius 2 is 0.929 bits per heavy atom. The summed E-state index contributed by atoms with van der Waals surface area (Å²) in [4.78, 5) is 0. The van der Waals surface area contributed by atoms with Gasteiger partial charge >= 0.3 is 0 Å². The third kappa shape index (κ3) is 4.86. The van der Waals surface area contributed by atoms with E-state index < -0.39 is 11.6 Å². The Bertz CT molecular complexity index is 893. The van der Waals surface area contributed by atoms with Crippen LogP contribution in [0.15, 0.2) is 60.7 Å². The van der Waals surface area contributed by atoms with Crippen molar-refractivity contribution in [1.29, 1.82) is 0 Å². The van der Waals surface area contributed by atoms with E-state index in [-0.39, 0.29) is 0 Å². The highest BCUT2D eigenvalue weighted by Gasteiger charge is 2.12. The highest BCUT2D eigenvalue weighted by molar-refractivity contribution is 5.64. The molecule has 0 saturated carbocycles. The van der Waals surface area contributed by atoms with Crippen molar-refractivity contribution in [2.45, 2.75) is 52.4 Å². The monoisotopic (exact) mass is 378 g/mol. The minimum absolute atomic E-state index is 0.452. The SMILES string of the molecule is CCCc1ccc(-c2ccc(CCc3ccc(CCC)c(F)c3F)cc2)cc1. The summed E-state index contributed by atoms with van der Waals surface area (Å²) in [6.07, 6.45) is 4.84. The van der Waals surface area contributed by atoms with Crippen LogP contribution < -0.4 is 0 Å². The van der Waals surface area contributed by atoms with Crippen molar-refractivity contribution in [3.05, 3.63) is 94.6 Å². The van der Waals surface area contributed by atoms with Gasteiger partial charge in [-0.1, -0.05) is 87.4 Å². The first-order chi connectivity index (χ1) is 13.6. The van der Waals surface area contributed by atoms with Crippen LogP contribution in [0.25, 0.3) is 11.1 Å². The average Bonchev–Trinajstić information content (AvgIpc) is 2.72. The van der Waals surface area contributed by atoms with Gasteiger partial charge in [0.05, 0.1) is 0 Å². The molecule has 3 rings (SSSR count). The van der Waals surface area contributed by atoms with Gasteiger partial charge < -0.3 is 0 Å². The molecule has 0 unspecified atom stereocenters. The molecule has 28 heavy (non-hydrogen) atoms. The Balaban J connectivity index is 1.65. The van der Waals surface area contributed by atoms with Crippen molar-refractivity contribution >= 4 is 0 Å². The van der Waals surface area contributed by atoms with Crippen molar-refractivity contribution in [2.75, 3.05) is 0 Å². The molecule has 0 spiro atoms. The minimum atomic E-state index is -0.685. The van der Waals surface area contributed by atoms with Gasteiger partial charge in [0.15, 0.2) is 11.6 Å². The number of hydrogen-bond acceptors (Lipinski definition) is 0. The maximum atomic E-state index is 14.3. The molecular formula is C26H28F2. The van der Waals surface area contributed by atoms with Crippen LogP contribution in [-0.2, 0) is 25.7 Å². The lowest BCUT2D eigenvalue weighted by Crippen LogP contribution is -2.01. The summed E-state index contributed by atoms with van der Waals surface area (Å²) in [5.41, 5.74) is 5.79. The maximum absolute atomic E-state index is 14.3. The van der Waals surface area contributed by atoms with Gasteiger partial charge in [0.25, 0.3) is 0 Å². The van der Waals surface area contributed by atoms with Crippen molar-refractivity contribution < 1.29 is 8.78 Å². The fourth-order valence-corrected chi connectivity index (χ4v) is 3.58. The highest BCUT2D eigenvalue weighted by Crippen LogP contribution is 2.23. The number of aryl methyl sites for hydroxylation is 4. The molecule has 0 aliphatic rings. The molecular weight excluding hydrogens is 350 g/mol. The molecule has 0 N–H and O–H groups in total. The van der Waals surface area contributed by atoms with Crippen molar-refractivity contribution in [3.8, 4) is 11.1 Å². The molecule has 0 heterocycles. The smallest absolute Gasteiger partial charge is 0.162 e. The largest absolute Gasteiger partial charge is 0.203 e. The van der Waals surface area contributed by atoms with E-state index in [4.69, 9.17) is 0 Å². The first-order valence-electron chi connectivity index (χ1n) is 10.3. The zero-order valence-electron chi connectivity index (χ0n) is 16.8. The summed E-state index contributed by atoms with van der Waals surface area (Å²) in [6, 6.07) is 20.5. The van der Waals surface area contributed by atoms with Crippen LogP contribution in [0.3, 0.4) is 0 Å². The van der Waals surface area contributed by atoms with Gasteiger partial charge in [-0.2, -0.15) is 0 Å². The topological polar surface area (TPSA) is 0 Å². The van der Waals surface area contributed by atoms with Gasteiger partial charge in [-0.05, 0) is 59.1 Å². The normalized spacial score (nSPS) is 11.0. The second-order valence-corrected chi connectivity index (χ2v) is 7.41. The Morgan fingerprint density at radius 3 is 1.39 bits per heavy atom. The molecule has 0 aliphatic heterocycles. The third-order valence-electron chi connectivity index (χ3n) is 5.22. The summed E-state index contributed by atoms with van der Waals surface area (Å²) < 4.78 is 28.4. The third-order valence-corrected chi connectivity index (χ3v) is 5.22. The number of rotatable bonds is 8. The number of benzene rings is 3. The quantitative estimate of drug-likeness (QED) is 0.385. The summed E-state index contributed by atoms with van der Waals surface area (Å²) in [5, 5.41) is 0. The molecule has 2 heteroatoms. The molecule has 0 amide bonds. The first-order valence-corrected chi connectivity index (χ1v) is 10.3. The fraction of sp³-hybridized carbons (Fsp3) is 0.308. The standard InChI is InChI=1S/C26H28F2/c1-3-5-19-7-12-21(13-8-19)22-14-9-20(10-15-22)11-16-24-18-17-23(6-4-2)25(27)26(24)28/h7-10,12-15,17-18H,3-6,11,16H2,1-2H3. The van der Waals surface area contributed by atoms with Gasteiger partial charge in [0.1, 0.15) is 0 Å². The molecule has 0 bridgehead atoms. The van der Waals surface area contributed by atoms with Gasteiger partial charge in [0.2, 0.25) is 0 Å². The maximum Gasteiger partial charge on any atom is 0.162 e. The Morgan fingerprint density at radius 1 is 0.500 bits per heavy atom. The Labute approximate surface area is 167 Å². The molecule has 0 radical (unpaired) electrons. The van der Waals surface area contributed by atoms with E-state index in [1.54, 1.807) is 12.1 Å². The second-order valence-electron chi connectivity index (χ2n) is 7.41. The first kappa shape index (κ1) is 20.3. The number of halogens is 2. The van der Waals surface area contributed by atoms with E-state index in [0.29, 0.717) is 30.4 Å². The predicted octanol–water partition coefficient (Wildman–Crippen LogP) is 7.32. The van der Waals surface area contributed by atoms with E-state index >= 15 is 0 Å². The lowest BCUT2D eigenvalue weighted by atomic mass is 9.98. The predicted molar refractivity (Wildman–Crippen MR) is 114 cm³/mol. The lowest BCUT2D eigenvalue weighted by molar-refractivity contribution is 0.488. The number of hydrogen-bond donors (Lipinski definition) is 0. The molecule has 0 fully saturated rings. The fourth-order valence-electron chi connectivity index (χ4n) is 3.58. The van der Waals surface area contributed by atoms with E-state index in [0.717, 1.165) is 24.8 Å². The summed E-state index contributed by atoms with van der Waals surface area (Å²) in [5.74, 6) is -1.36. The minimum Gasteiger partial charge on any atom is -0.203 e. The van der Waals surface area contributed by atoms with E-state index in [9.17, 15) is 8.78 Å². The van der Waals surface area contributed by atoms with Gasteiger partial charge in [-0.25, -0.2) is 8.78 Å². The van der Waals surface area contributed by atoms with Crippen molar-refractivity contribution in [1.82, 2.24) is 0 Å². The zero-order chi connectivity index (χ0) is 19.9. The van der Waals surface area contributed by atoms with E-state index in [1.807, 2.05) is 6.92 Å².